The Morgan fingerprint density at radius 1 is 1.37 bits per heavy atom. The largest absolute Gasteiger partial charge is 0.494 e. The Hall–Kier alpha value is -2.30. The molecular weight excluding hydrogens is 242 g/mol. The summed E-state index contributed by atoms with van der Waals surface area (Å²) in [4.78, 5) is 3.98. The van der Waals surface area contributed by atoms with Crippen molar-refractivity contribution in [3.63, 3.8) is 0 Å². The Kier molecular flexibility index (Phi) is 4.55. The van der Waals surface area contributed by atoms with Gasteiger partial charge in [0.05, 0.1) is 18.6 Å². The predicted octanol–water partition coefficient (Wildman–Crippen LogP) is 2.55. The van der Waals surface area contributed by atoms with Crippen LogP contribution in [-0.2, 0) is 6.54 Å². The summed E-state index contributed by atoms with van der Waals surface area (Å²) in [6, 6.07) is 7.50. The number of nitrogens with zero attached hydrogens (tertiary/aromatic N) is 3. The van der Waals surface area contributed by atoms with Crippen molar-refractivity contribution >= 4 is 5.71 Å². The zero-order chi connectivity index (χ0) is 13.5. The van der Waals surface area contributed by atoms with Gasteiger partial charge in [-0.05, 0) is 43.2 Å². The third-order valence-corrected chi connectivity index (χ3v) is 2.81. The number of aromatic nitrogens is 2. The normalized spacial score (nSPS) is 11.5. The van der Waals surface area contributed by atoms with Gasteiger partial charge in [-0.1, -0.05) is 5.16 Å². The highest BCUT2D eigenvalue weighted by atomic mass is 16.5. The van der Waals surface area contributed by atoms with Crippen LogP contribution in [0.5, 0.6) is 5.75 Å². The van der Waals surface area contributed by atoms with E-state index in [1.165, 1.54) is 0 Å². The maximum absolute atomic E-state index is 8.67. The maximum atomic E-state index is 8.67. The van der Waals surface area contributed by atoms with Crippen LogP contribution in [-0.4, -0.2) is 27.1 Å². The van der Waals surface area contributed by atoms with Gasteiger partial charge in [-0.25, -0.2) is 4.98 Å². The van der Waals surface area contributed by atoms with Gasteiger partial charge in [0.25, 0.3) is 0 Å². The monoisotopic (exact) mass is 259 g/mol. The topological polar surface area (TPSA) is 59.6 Å². The van der Waals surface area contributed by atoms with Crippen molar-refractivity contribution in [1.82, 2.24) is 9.55 Å². The van der Waals surface area contributed by atoms with Crippen LogP contribution in [0, 0.1) is 0 Å². The smallest absolute Gasteiger partial charge is 0.119 e. The summed E-state index contributed by atoms with van der Waals surface area (Å²) in [6.45, 7) is 3.31. The van der Waals surface area contributed by atoms with Crippen LogP contribution in [0.3, 0.4) is 0 Å². The van der Waals surface area contributed by atoms with E-state index < -0.39 is 0 Å². The fourth-order valence-corrected chi connectivity index (χ4v) is 1.71. The molecule has 1 N–H and O–H groups in total. The van der Waals surface area contributed by atoms with E-state index in [1.54, 1.807) is 19.4 Å². The molecule has 100 valence electrons. The van der Waals surface area contributed by atoms with Crippen LogP contribution in [0.4, 0.5) is 0 Å². The van der Waals surface area contributed by atoms with Gasteiger partial charge in [-0.3, -0.25) is 0 Å². The molecule has 1 aromatic heterocycles. The predicted molar refractivity (Wildman–Crippen MR) is 72.8 cm³/mol. The van der Waals surface area contributed by atoms with E-state index >= 15 is 0 Å². The standard InChI is InChI=1S/C14H17N3O2/c1-12(16-18)13-3-5-14(6-4-13)19-10-2-8-17-9-7-15-11-17/h3-7,9,11,18H,2,8,10H2,1H3/b16-12-. The van der Waals surface area contributed by atoms with Crippen molar-refractivity contribution in [2.45, 2.75) is 19.9 Å². The molecule has 0 radical (unpaired) electrons. The number of benzene rings is 1. The molecule has 5 nitrogen and oxygen atoms in total. The number of aryl methyl sites for hydroxylation is 1. The first-order valence-electron chi connectivity index (χ1n) is 6.17. The Morgan fingerprint density at radius 3 is 2.79 bits per heavy atom. The molecule has 1 heterocycles. The van der Waals surface area contributed by atoms with Crippen molar-refractivity contribution in [1.29, 1.82) is 0 Å². The van der Waals surface area contributed by atoms with Gasteiger partial charge in [0.15, 0.2) is 0 Å². The van der Waals surface area contributed by atoms with E-state index in [4.69, 9.17) is 9.94 Å². The van der Waals surface area contributed by atoms with Gasteiger partial charge in [-0.2, -0.15) is 0 Å². The molecule has 0 saturated carbocycles. The molecule has 1 aromatic carbocycles. The lowest BCUT2D eigenvalue weighted by atomic mass is 10.1. The number of hydrogen-bond acceptors (Lipinski definition) is 4. The highest BCUT2D eigenvalue weighted by molar-refractivity contribution is 5.98. The van der Waals surface area contributed by atoms with E-state index in [1.807, 2.05) is 35.0 Å². The Labute approximate surface area is 112 Å². The van der Waals surface area contributed by atoms with E-state index in [0.717, 1.165) is 24.3 Å². The van der Waals surface area contributed by atoms with Crippen molar-refractivity contribution in [2.75, 3.05) is 6.61 Å². The lowest BCUT2D eigenvalue weighted by Crippen LogP contribution is -2.03. The van der Waals surface area contributed by atoms with Gasteiger partial charge in [0, 0.05) is 18.9 Å². The molecular formula is C14H17N3O2. The summed E-state index contributed by atoms with van der Waals surface area (Å²) in [7, 11) is 0. The molecule has 0 aliphatic rings. The number of oxime groups is 1. The molecule has 0 aliphatic heterocycles. The third kappa shape index (κ3) is 3.84. The lowest BCUT2D eigenvalue weighted by Gasteiger charge is -2.07. The summed E-state index contributed by atoms with van der Waals surface area (Å²) in [6.07, 6.45) is 6.43. The van der Waals surface area contributed by atoms with Crippen LogP contribution in [0.25, 0.3) is 0 Å². The molecule has 0 amide bonds. The first kappa shape index (κ1) is 13.1. The second-order valence-corrected chi connectivity index (χ2v) is 4.21. The molecule has 0 bridgehead atoms. The number of hydrogen-bond donors (Lipinski definition) is 1. The van der Waals surface area contributed by atoms with E-state index in [-0.39, 0.29) is 0 Å². The first-order chi connectivity index (χ1) is 9.29. The van der Waals surface area contributed by atoms with Gasteiger partial charge in [0.1, 0.15) is 5.75 Å². The summed E-state index contributed by atoms with van der Waals surface area (Å²) in [5.74, 6) is 0.820. The average Bonchev–Trinajstić information content (AvgIpc) is 2.96. The zero-order valence-electron chi connectivity index (χ0n) is 10.9. The molecule has 0 unspecified atom stereocenters. The number of rotatable bonds is 6. The molecule has 0 aliphatic carbocycles. The van der Waals surface area contributed by atoms with Crippen molar-refractivity contribution < 1.29 is 9.94 Å². The molecule has 0 saturated heterocycles. The average molecular weight is 259 g/mol. The Morgan fingerprint density at radius 2 is 2.16 bits per heavy atom. The minimum absolute atomic E-state index is 0.589. The van der Waals surface area contributed by atoms with Crippen molar-refractivity contribution in [2.24, 2.45) is 5.16 Å². The minimum atomic E-state index is 0.589. The van der Waals surface area contributed by atoms with Crippen LogP contribution < -0.4 is 4.74 Å². The van der Waals surface area contributed by atoms with Gasteiger partial charge >= 0.3 is 0 Å². The van der Waals surface area contributed by atoms with Crippen molar-refractivity contribution in [3.8, 4) is 5.75 Å². The summed E-state index contributed by atoms with van der Waals surface area (Å²) in [5, 5.41) is 11.8. The summed E-state index contributed by atoms with van der Waals surface area (Å²) >= 11 is 0. The number of imidazole rings is 1. The second-order valence-electron chi connectivity index (χ2n) is 4.21. The van der Waals surface area contributed by atoms with Gasteiger partial charge in [0.2, 0.25) is 0 Å². The SMILES string of the molecule is C/C(=N/O)c1ccc(OCCCn2ccnc2)cc1. The lowest BCUT2D eigenvalue weighted by molar-refractivity contribution is 0.301. The molecule has 19 heavy (non-hydrogen) atoms. The molecule has 0 spiro atoms. The number of ether oxygens (including phenoxy) is 1. The fourth-order valence-electron chi connectivity index (χ4n) is 1.71. The quantitative estimate of drug-likeness (QED) is 0.375. The molecule has 2 aromatic rings. The summed E-state index contributed by atoms with van der Waals surface area (Å²) in [5.41, 5.74) is 1.47. The first-order valence-corrected chi connectivity index (χ1v) is 6.17. The van der Waals surface area contributed by atoms with Crippen LogP contribution in [0.1, 0.15) is 18.9 Å². The Balaban J connectivity index is 1.77. The Bertz CT molecular complexity index is 518. The van der Waals surface area contributed by atoms with E-state index in [9.17, 15) is 0 Å². The van der Waals surface area contributed by atoms with E-state index in [2.05, 4.69) is 10.1 Å². The zero-order valence-corrected chi connectivity index (χ0v) is 10.9. The molecule has 5 heteroatoms. The molecule has 2 rings (SSSR count). The maximum Gasteiger partial charge on any atom is 0.119 e. The van der Waals surface area contributed by atoms with Crippen LogP contribution >= 0.6 is 0 Å². The highest BCUT2D eigenvalue weighted by Gasteiger charge is 1.99. The highest BCUT2D eigenvalue weighted by Crippen LogP contribution is 2.13. The second kappa shape index (κ2) is 6.58. The fraction of sp³-hybridized carbons (Fsp3) is 0.286. The van der Waals surface area contributed by atoms with Crippen LogP contribution in [0.15, 0.2) is 48.1 Å². The third-order valence-electron chi connectivity index (χ3n) is 2.81. The minimum Gasteiger partial charge on any atom is -0.494 e. The van der Waals surface area contributed by atoms with Gasteiger partial charge in [-0.15, -0.1) is 0 Å². The van der Waals surface area contributed by atoms with Crippen molar-refractivity contribution in [3.05, 3.63) is 48.5 Å². The summed E-state index contributed by atoms with van der Waals surface area (Å²) < 4.78 is 7.66. The van der Waals surface area contributed by atoms with Crippen LogP contribution in [0.2, 0.25) is 0 Å². The molecule has 0 fully saturated rings. The molecule has 0 atom stereocenters. The van der Waals surface area contributed by atoms with E-state index in [0.29, 0.717) is 12.3 Å². The van der Waals surface area contributed by atoms with Gasteiger partial charge < -0.3 is 14.5 Å².